The van der Waals surface area contributed by atoms with E-state index in [1.807, 2.05) is 0 Å². The van der Waals surface area contributed by atoms with Crippen LogP contribution in [0.4, 0.5) is 19.9 Å². The van der Waals surface area contributed by atoms with E-state index < -0.39 is 127 Å². The van der Waals surface area contributed by atoms with Gasteiger partial charge in [-0.15, -0.1) is 0 Å². The van der Waals surface area contributed by atoms with Gasteiger partial charge in [0.15, 0.2) is 0 Å². The summed E-state index contributed by atoms with van der Waals surface area (Å²) in [4.78, 5) is 128. The van der Waals surface area contributed by atoms with Crippen LogP contribution in [0.1, 0.15) is 122 Å². The minimum absolute atomic E-state index is 0.0154. The van der Waals surface area contributed by atoms with Gasteiger partial charge in [0, 0.05) is 23.1 Å². The highest BCUT2D eigenvalue weighted by Gasteiger charge is 2.55. The number of carbonyl (C=O) groups is 8. The summed E-state index contributed by atoms with van der Waals surface area (Å²) >= 11 is 1.42. The Morgan fingerprint density at radius 2 is 1.01 bits per heavy atom. The molecule has 460 valence electrons. The quantitative estimate of drug-likeness (QED) is 0.0193. The second-order valence-corrected chi connectivity index (χ2v) is 25.9. The molecule has 4 aromatic heterocycles. The number of ether oxygens (including phenoxy) is 4. The zero-order valence-corrected chi connectivity index (χ0v) is 51.0. The van der Waals surface area contributed by atoms with Crippen molar-refractivity contribution in [2.45, 2.75) is 182 Å². The van der Waals surface area contributed by atoms with Crippen LogP contribution in [0.15, 0.2) is 35.6 Å². The van der Waals surface area contributed by atoms with Crippen molar-refractivity contribution in [3.05, 3.63) is 37.0 Å². The van der Waals surface area contributed by atoms with Gasteiger partial charge in [0.2, 0.25) is 50.4 Å². The van der Waals surface area contributed by atoms with E-state index in [0.29, 0.717) is 11.5 Å². The molecule has 2 fully saturated rings. The molecule has 6 heterocycles. The molecule has 0 saturated carbocycles. The number of anilines is 2. The topological polar surface area (TPSA) is 447 Å². The van der Waals surface area contributed by atoms with Crippen LogP contribution in [0.3, 0.4) is 0 Å². The van der Waals surface area contributed by atoms with Crippen LogP contribution in [-0.2, 0) is 80.8 Å². The average molecular weight is 1240 g/mol. The van der Waals surface area contributed by atoms with E-state index in [1.165, 1.54) is 56.0 Å². The Balaban J connectivity index is 0.000000309. The number of nitrogens with one attached hydrogen (secondary N) is 5. The number of oxime groups is 2. The molecular weight excluding hydrogens is 1170 g/mol. The number of esters is 2. The maximum Gasteiger partial charge on any atom is 0.414 e. The molecule has 2 aliphatic heterocycles. The molecule has 0 spiro atoms. The van der Waals surface area contributed by atoms with Crippen molar-refractivity contribution < 1.29 is 79.9 Å². The smallest absolute Gasteiger partial charge is 0.414 e. The highest BCUT2D eigenvalue weighted by Crippen LogP contribution is 2.27. The number of hydrogen-bond donors (Lipinski definition) is 6. The van der Waals surface area contributed by atoms with Crippen LogP contribution in [0.25, 0.3) is 0 Å². The lowest BCUT2D eigenvalue weighted by atomic mass is 9.98. The Labute approximate surface area is 489 Å². The van der Waals surface area contributed by atoms with Crippen LogP contribution in [-0.4, -0.2) is 182 Å². The third-order valence-electron chi connectivity index (χ3n) is 10.1. The van der Waals surface area contributed by atoms with Gasteiger partial charge >= 0.3 is 34.4 Å². The lowest BCUT2D eigenvalue weighted by Crippen LogP contribution is -2.73. The Bertz CT molecular complexity index is 3240. The van der Waals surface area contributed by atoms with E-state index >= 15 is 0 Å². The first-order valence-corrected chi connectivity index (χ1v) is 28.0. The summed E-state index contributed by atoms with van der Waals surface area (Å²) < 4.78 is 65.3. The van der Waals surface area contributed by atoms with Crippen LogP contribution in [0.5, 0.6) is 0 Å². The lowest BCUT2D eigenvalue weighted by Gasteiger charge is -2.43. The van der Waals surface area contributed by atoms with Gasteiger partial charge in [-0.25, -0.2) is 33.5 Å². The molecule has 38 heteroatoms. The van der Waals surface area contributed by atoms with Crippen molar-refractivity contribution in [2.75, 3.05) is 10.6 Å². The van der Waals surface area contributed by atoms with Gasteiger partial charge in [-0.05, 0) is 111 Å². The Hall–Kier alpha value is -8.39. The fourth-order valence-corrected chi connectivity index (χ4v) is 8.44. The molecule has 6 rings (SSSR count). The van der Waals surface area contributed by atoms with Crippen molar-refractivity contribution in [3.63, 3.8) is 0 Å². The molecule has 2 saturated heterocycles. The van der Waals surface area contributed by atoms with Gasteiger partial charge in [0.1, 0.15) is 59.8 Å². The number of amides is 6. The summed E-state index contributed by atoms with van der Waals surface area (Å²) in [7, 11) is -4.99. The predicted molar refractivity (Wildman–Crippen MR) is 293 cm³/mol. The molecular formula is C46H66N18O17S3. The summed E-state index contributed by atoms with van der Waals surface area (Å²) in [6.45, 7) is 25.5. The fourth-order valence-electron chi connectivity index (χ4n) is 6.45. The largest absolute Gasteiger partial charge is 0.457 e. The second kappa shape index (κ2) is 25.6. The third-order valence-corrected chi connectivity index (χ3v) is 12.3. The minimum atomic E-state index is -4.99. The zero-order chi connectivity index (χ0) is 63.1. The number of rotatable bonds is 19. The molecule has 4 aromatic rings. The molecule has 0 radical (unpaired) electrons. The monoisotopic (exact) mass is 1240 g/mol. The SMILES string of the molecule is CC(C)(C)OC(=O)Nc1nc(/C(=N/OC(C)(C)C(=O)OC(C)(C)C)C(=O)N[C@@H]2C(=O)N(S(=O)(=O)O)[C@@H]2Cn2cncn2)ns1.CC(C)(C)OC(=O)Nc1nc(/C(=N/OC(C)(C)C(=O)OC(C)(C)C)C(=O)N[C@@H]2C(=O)N[C@@H]2Cn2cncn2)ns1. The minimum Gasteiger partial charge on any atom is -0.457 e. The van der Waals surface area contributed by atoms with Crippen molar-refractivity contribution in [2.24, 2.45) is 10.3 Å². The highest BCUT2D eigenvalue weighted by molar-refractivity contribution is 7.84. The molecule has 6 N–H and O–H groups in total. The highest BCUT2D eigenvalue weighted by atomic mass is 32.2. The Morgan fingerprint density at radius 1 is 0.619 bits per heavy atom. The van der Waals surface area contributed by atoms with Crippen molar-refractivity contribution >= 4 is 103 Å². The summed E-state index contributed by atoms with van der Waals surface area (Å²) in [6, 6.07) is -4.21. The number of nitrogens with zero attached hydrogens (tertiary/aromatic N) is 13. The van der Waals surface area contributed by atoms with Gasteiger partial charge in [-0.2, -0.15) is 37.3 Å². The maximum absolute atomic E-state index is 13.5. The van der Waals surface area contributed by atoms with Crippen LogP contribution in [0.2, 0.25) is 0 Å². The molecule has 0 bridgehead atoms. The Morgan fingerprint density at radius 3 is 1.37 bits per heavy atom. The van der Waals surface area contributed by atoms with Gasteiger partial charge in [-0.3, -0.25) is 43.7 Å². The molecule has 6 amide bonds. The normalized spacial score (nSPS) is 17.8. The Kier molecular flexibility index (Phi) is 20.3. The van der Waals surface area contributed by atoms with Crippen molar-refractivity contribution in [3.8, 4) is 0 Å². The fraction of sp³-hybridized carbons (Fsp3) is 0.609. The standard InChI is InChI=1S/C23H33N9O10S2.C23H33N9O7S/c1-21(2,3)40-18(35)23(7,8)42-29-14(15-27-19(43-30-15)28-20(36)41-22(4,5)6)16(33)26-13-12(9-31-11-24-10-25-31)32(17(13)34)44(37,38)39;1-21(2,3)37-18(35)23(7,8)39-30-14(15-28-19(40-31-15)29-20(36)38-22(4,5)6)17(34)27-13-12(26-16(13)33)9-32-11-24-10-25-32/h10-13H,9H2,1-8H3,(H,26,33)(H,37,38,39)(H,27,28,30,36);10-13H,9H2,1-8H3,(H,26,33)(H,27,34)(H,28,29,31,36)/b29-14-;30-14-/t2*12-,13+/m11/s1. The third kappa shape index (κ3) is 19.4. The first-order chi connectivity index (χ1) is 38.5. The molecule has 0 aliphatic carbocycles. The van der Waals surface area contributed by atoms with E-state index in [0.717, 1.165) is 17.9 Å². The predicted octanol–water partition coefficient (Wildman–Crippen LogP) is 1.52. The number of carbonyl (C=O) groups excluding carboxylic acids is 8. The van der Waals surface area contributed by atoms with E-state index in [-0.39, 0.29) is 39.3 Å². The average Bonchev–Trinajstić information content (AvgIpc) is 3.30. The van der Waals surface area contributed by atoms with Crippen molar-refractivity contribution in [1.29, 1.82) is 0 Å². The summed E-state index contributed by atoms with van der Waals surface area (Å²) in [5.41, 5.74) is -7.65. The molecule has 0 unspecified atom stereocenters. The van der Waals surface area contributed by atoms with Crippen LogP contribution in [0, 0.1) is 0 Å². The summed E-state index contributed by atoms with van der Waals surface area (Å²) in [6.07, 6.45) is 3.59. The molecule has 84 heavy (non-hydrogen) atoms. The summed E-state index contributed by atoms with van der Waals surface area (Å²) in [5, 5.41) is 27.9. The second-order valence-electron chi connectivity index (χ2n) is 23.1. The molecule has 2 aliphatic rings. The first-order valence-electron chi connectivity index (χ1n) is 25.1. The van der Waals surface area contributed by atoms with E-state index in [2.05, 4.69) is 75.8 Å². The summed E-state index contributed by atoms with van der Waals surface area (Å²) in [5.74, 6) is -5.71. The van der Waals surface area contributed by atoms with Gasteiger partial charge in [-0.1, -0.05) is 10.3 Å². The number of β-lactam (4-membered cyclic amide) rings is 2. The first kappa shape index (κ1) is 66.4. The maximum atomic E-state index is 13.5. The van der Waals surface area contributed by atoms with E-state index in [1.54, 1.807) is 83.1 Å². The van der Waals surface area contributed by atoms with Gasteiger partial charge in [0.25, 0.3) is 17.7 Å². The van der Waals surface area contributed by atoms with Gasteiger partial charge < -0.3 is 44.6 Å². The van der Waals surface area contributed by atoms with E-state index in [4.69, 9.17) is 28.6 Å². The molecule has 35 nitrogen and oxygen atoms in total. The van der Waals surface area contributed by atoms with Crippen LogP contribution >= 0.6 is 23.1 Å². The van der Waals surface area contributed by atoms with Crippen LogP contribution < -0.4 is 26.6 Å². The number of hydrogen-bond acceptors (Lipinski definition) is 28. The lowest BCUT2D eigenvalue weighted by molar-refractivity contribution is -0.180. The van der Waals surface area contributed by atoms with Crippen molar-refractivity contribution in [1.82, 2.24) is 68.5 Å². The number of aromatic nitrogens is 10. The van der Waals surface area contributed by atoms with E-state index in [9.17, 15) is 51.3 Å². The van der Waals surface area contributed by atoms with Gasteiger partial charge in [0.05, 0.1) is 25.2 Å². The molecule has 4 atom stereocenters. The molecule has 0 aromatic carbocycles. The zero-order valence-electron chi connectivity index (χ0n) is 48.6.